The molecule has 2 aliphatic heterocycles. The van der Waals surface area contributed by atoms with Crippen LogP contribution in [0.4, 0.5) is 4.79 Å². The Morgan fingerprint density at radius 1 is 0.639 bits per heavy atom. The standard InChI is InChI=1S/C47H56N2O12/c50-37(41(54)43-39(52)26-57-45(60-43)28-11-3-1-4-12-28)23-49(24-38(51)42(55)44-40(53)27-58-46(61-44)29-13-5-2-6-14-29)31-21-19-30(20-22-31)48-47(56)59-25-36-34-17-9-7-15-32(34)33-16-8-10-18-35(33)36/h1-18,30-31,36-46,50-55H,19-27H2,(H,48,56)/t30?,31?,37-,38-,39+,40+,41+,42+,43+,44?,45?,46?/m0/s1. The molecule has 1 amide bonds. The van der Waals surface area contributed by atoms with Crippen molar-refractivity contribution in [3.63, 3.8) is 0 Å². The van der Waals surface area contributed by atoms with Crippen LogP contribution in [0, 0.1) is 0 Å². The molecule has 3 unspecified atom stereocenters. The lowest BCUT2D eigenvalue weighted by atomic mass is 9.89. The number of hydrogen-bond acceptors (Lipinski definition) is 13. The lowest BCUT2D eigenvalue weighted by Gasteiger charge is -2.43. The van der Waals surface area contributed by atoms with Crippen molar-refractivity contribution >= 4 is 6.09 Å². The first-order valence-electron chi connectivity index (χ1n) is 21.2. The van der Waals surface area contributed by atoms with E-state index in [1.807, 2.05) is 60.7 Å². The minimum absolute atomic E-state index is 0.0697. The largest absolute Gasteiger partial charge is 0.449 e. The topological polar surface area (TPSA) is 200 Å². The monoisotopic (exact) mass is 840 g/mol. The van der Waals surface area contributed by atoms with Crippen LogP contribution in [0.2, 0.25) is 0 Å². The summed E-state index contributed by atoms with van der Waals surface area (Å²) in [6.07, 6.45) is -10.9. The van der Waals surface area contributed by atoms with E-state index < -0.39 is 67.5 Å². The molecule has 4 aromatic carbocycles. The second-order valence-corrected chi connectivity index (χ2v) is 16.5. The van der Waals surface area contributed by atoms with Crippen LogP contribution < -0.4 is 5.32 Å². The minimum atomic E-state index is -1.55. The summed E-state index contributed by atoms with van der Waals surface area (Å²) in [5.74, 6) is -0.0697. The molecule has 2 saturated heterocycles. The summed E-state index contributed by atoms with van der Waals surface area (Å²) in [4.78, 5) is 15.0. The van der Waals surface area contributed by atoms with Gasteiger partial charge in [0.1, 0.15) is 43.2 Å². The van der Waals surface area contributed by atoms with E-state index in [1.54, 1.807) is 29.2 Å². The highest BCUT2D eigenvalue weighted by Gasteiger charge is 2.43. The summed E-state index contributed by atoms with van der Waals surface area (Å²) >= 11 is 0. The molecule has 7 N–H and O–H groups in total. The Bertz CT molecular complexity index is 1900. The molecule has 4 aromatic rings. The fourth-order valence-corrected chi connectivity index (χ4v) is 9.19. The van der Waals surface area contributed by atoms with E-state index in [0.29, 0.717) is 36.8 Å². The molecule has 8 rings (SSSR count). The van der Waals surface area contributed by atoms with Gasteiger partial charge in [0.15, 0.2) is 12.6 Å². The summed E-state index contributed by atoms with van der Waals surface area (Å²) in [5.41, 5.74) is 5.92. The number of ether oxygens (including phenoxy) is 5. The number of nitrogens with one attached hydrogen (secondary N) is 1. The molecule has 326 valence electrons. The van der Waals surface area contributed by atoms with Crippen LogP contribution in [0.25, 0.3) is 11.1 Å². The third-order valence-electron chi connectivity index (χ3n) is 12.5. The highest BCUT2D eigenvalue weighted by molar-refractivity contribution is 5.79. The van der Waals surface area contributed by atoms with Crippen molar-refractivity contribution in [1.29, 1.82) is 0 Å². The third kappa shape index (κ3) is 10.0. The molecule has 14 heteroatoms. The second kappa shape index (κ2) is 19.8. The number of aliphatic hydroxyl groups is 6. The first-order chi connectivity index (χ1) is 29.6. The molecule has 4 aliphatic rings. The summed E-state index contributed by atoms with van der Waals surface area (Å²) in [6, 6.07) is 34.0. The molecule has 0 bridgehead atoms. The maximum Gasteiger partial charge on any atom is 0.407 e. The molecule has 0 aromatic heterocycles. The quantitative estimate of drug-likeness (QED) is 0.0975. The predicted molar refractivity (Wildman–Crippen MR) is 222 cm³/mol. The summed E-state index contributed by atoms with van der Waals surface area (Å²) in [6.45, 7) is -0.374. The van der Waals surface area contributed by atoms with E-state index in [-0.39, 0.29) is 50.9 Å². The highest BCUT2D eigenvalue weighted by atomic mass is 16.7. The van der Waals surface area contributed by atoms with Gasteiger partial charge in [0.2, 0.25) is 0 Å². The lowest BCUT2D eigenvalue weighted by Crippen LogP contribution is -2.58. The summed E-state index contributed by atoms with van der Waals surface area (Å²) in [7, 11) is 0. The van der Waals surface area contributed by atoms with Gasteiger partial charge in [-0.05, 0) is 47.9 Å². The zero-order valence-corrected chi connectivity index (χ0v) is 33.8. The molecule has 2 heterocycles. The lowest BCUT2D eigenvalue weighted by molar-refractivity contribution is -0.285. The van der Waals surface area contributed by atoms with E-state index in [4.69, 9.17) is 23.7 Å². The van der Waals surface area contributed by atoms with Gasteiger partial charge < -0.3 is 59.6 Å². The van der Waals surface area contributed by atoms with Crippen LogP contribution in [0.1, 0.15) is 66.4 Å². The van der Waals surface area contributed by atoms with Gasteiger partial charge in [0.05, 0.1) is 25.4 Å². The number of carbonyl (C=O) groups excluding carboxylic acids is 1. The highest BCUT2D eigenvalue weighted by Crippen LogP contribution is 2.44. The van der Waals surface area contributed by atoms with Crippen LogP contribution >= 0.6 is 0 Å². The van der Waals surface area contributed by atoms with Crippen molar-refractivity contribution in [2.45, 2.75) is 105 Å². The van der Waals surface area contributed by atoms with Crippen molar-refractivity contribution in [3.8, 4) is 11.1 Å². The van der Waals surface area contributed by atoms with Gasteiger partial charge in [-0.1, -0.05) is 109 Å². The van der Waals surface area contributed by atoms with Crippen molar-refractivity contribution < 1.29 is 59.1 Å². The first kappa shape index (κ1) is 43.4. The Morgan fingerprint density at radius 2 is 1.08 bits per heavy atom. The number of hydrogen-bond donors (Lipinski definition) is 7. The third-order valence-corrected chi connectivity index (χ3v) is 12.5. The van der Waals surface area contributed by atoms with Crippen molar-refractivity contribution in [1.82, 2.24) is 10.2 Å². The zero-order valence-electron chi connectivity index (χ0n) is 33.8. The molecule has 1 saturated carbocycles. The van der Waals surface area contributed by atoms with Gasteiger partial charge in [0, 0.05) is 42.2 Å². The number of nitrogens with zero attached hydrogens (tertiary/aromatic N) is 1. The Morgan fingerprint density at radius 3 is 1.56 bits per heavy atom. The number of carbonyl (C=O) groups is 1. The number of benzene rings is 4. The van der Waals surface area contributed by atoms with Crippen LogP contribution in [0.15, 0.2) is 109 Å². The minimum Gasteiger partial charge on any atom is -0.449 e. The molecule has 3 fully saturated rings. The molecular weight excluding hydrogens is 785 g/mol. The van der Waals surface area contributed by atoms with Crippen molar-refractivity contribution in [2.75, 3.05) is 32.9 Å². The summed E-state index contributed by atoms with van der Waals surface area (Å²) < 4.78 is 29.2. The number of alkyl carbamates (subject to hydrolysis) is 1. The Hall–Kier alpha value is -4.29. The average molecular weight is 841 g/mol. The van der Waals surface area contributed by atoms with E-state index >= 15 is 0 Å². The number of fused-ring (bicyclic) bond motifs is 3. The molecule has 14 nitrogen and oxygen atoms in total. The van der Waals surface area contributed by atoms with Gasteiger partial charge in [-0.2, -0.15) is 0 Å². The summed E-state index contributed by atoms with van der Waals surface area (Å²) in [5, 5.41) is 70.7. The van der Waals surface area contributed by atoms with Gasteiger partial charge >= 0.3 is 6.09 Å². The van der Waals surface area contributed by atoms with Crippen LogP contribution in [-0.4, -0.2) is 135 Å². The first-order valence-corrected chi connectivity index (χ1v) is 21.2. The van der Waals surface area contributed by atoms with Crippen LogP contribution in [0.5, 0.6) is 0 Å². The van der Waals surface area contributed by atoms with E-state index in [9.17, 15) is 35.4 Å². The Labute approximate surface area is 355 Å². The molecule has 0 radical (unpaired) electrons. The SMILES string of the molecule is O=C(NC1CCC(N(C[C@H](O)[C@@H](O)[C@@H]2OC(c3ccccc3)OC[C@H]2O)C[C@H](O)[C@@H](O)C2OC(c3ccccc3)OC[C@H]2O)CC1)OCC1c2ccccc2-c2ccccc21. The fourth-order valence-electron chi connectivity index (χ4n) is 9.19. The fraction of sp³-hybridized carbons (Fsp3) is 0.468. The predicted octanol–water partition coefficient (Wildman–Crippen LogP) is 3.53. The van der Waals surface area contributed by atoms with E-state index in [1.165, 1.54) is 0 Å². The van der Waals surface area contributed by atoms with Gasteiger partial charge in [-0.25, -0.2) is 4.79 Å². The average Bonchev–Trinajstić information content (AvgIpc) is 3.62. The van der Waals surface area contributed by atoms with Gasteiger partial charge in [-0.15, -0.1) is 0 Å². The van der Waals surface area contributed by atoms with E-state index in [2.05, 4.69) is 29.6 Å². The van der Waals surface area contributed by atoms with Crippen molar-refractivity contribution in [3.05, 3.63) is 131 Å². The van der Waals surface area contributed by atoms with Gasteiger partial charge in [-0.3, -0.25) is 4.90 Å². The Balaban J connectivity index is 0.913. The molecular formula is C47H56N2O12. The smallest absolute Gasteiger partial charge is 0.407 e. The van der Waals surface area contributed by atoms with Crippen LogP contribution in [0.3, 0.4) is 0 Å². The molecule has 10 atom stereocenters. The van der Waals surface area contributed by atoms with Crippen molar-refractivity contribution in [2.24, 2.45) is 0 Å². The number of amides is 1. The Kier molecular flexibility index (Phi) is 14.1. The van der Waals surface area contributed by atoms with Gasteiger partial charge in [0.25, 0.3) is 0 Å². The second-order valence-electron chi connectivity index (χ2n) is 16.5. The maximum atomic E-state index is 13.2. The molecule has 61 heavy (non-hydrogen) atoms. The van der Waals surface area contributed by atoms with Crippen LogP contribution in [-0.2, 0) is 23.7 Å². The molecule has 0 spiro atoms. The maximum absolute atomic E-state index is 13.2. The number of rotatable bonds is 14. The van der Waals surface area contributed by atoms with E-state index in [0.717, 1.165) is 22.3 Å². The number of aliphatic hydroxyl groups excluding tert-OH is 6. The molecule has 2 aliphatic carbocycles. The zero-order chi connectivity index (χ0) is 42.5. The normalized spacial score (nSPS) is 28.6.